The van der Waals surface area contributed by atoms with Crippen molar-refractivity contribution in [1.82, 2.24) is 4.98 Å². The van der Waals surface area contributed by atoms with Gasteiger partial charge in [-0.15, -0.1) is 0 Å². The van der Waals surface area contributed by atoms with Crippen LogP contribution >= 0.6 is 0 Å². The predicted octanol–water partition coefficient (Wildman–Crippen LogP) is 1.06. The van der Waals surface area contributed by atoms with Gasteiger partial charge in [-0.1, -0.05) is 18.2 Å². The lowest BCUT2D eigenvalue weighted by Gasteiger charge is -2.21. The summed E-state index contributed by atoms with van der Waals surface area (Å²) < 4.78 is 0. The normalized spacial score (nSPS) is 13.7. The second-order valence-corrected chi connectivity index (χ2v) is 5.01. The molecule has 104 valence electrons. The van der Waals surface area contributed by atoms with Gasteiger partial charge < -0.3 is 16.5 Å². The number of aromatic amines is 1. The van der Waals surface area contributed by atoms with E-state index in [0.29, 0.717) is 12.8 Å². The fourth-order valence-electron chi connectivity index (χ4n) is 2.16. The van der Waals surface area contributed by atoms with E-state index in [0.717, 1.165) is 16.5 Å². The van der Waals surface area contributed by atoms with Crippen LogP contribution in [0.15, 0.2) is 36.0 Å². The minimum Gasteiger partial charge on any atom is -0.368 e. The van der Waals surface area contributed by atoms with E-state index in [9.17, 15) is 9.59 Å². The molecule has 1 atom stereocenters. The van der Waals surface area contributed by atoms with Crippen LogP contribution in [0.5, 0.6) is 0 Å². The molecule has 5 heteroatoms. The molecular weight excluding hydrogens is 254 g/mol. The molecular formula is C15H17N3O2. The predicted molar refractivity (Wildman–Crippen MR) is 77.6 cm³/mol. The van der Waals surface area contributed by atoms with Gasteiger partial charge in [0.15, 0.2) is 0 Å². The van der Waals surface area contributed by atoms with Crippen molar-refractivity contribution in [1.29, 1.82) is 0 Å². The van der Waals surface area contributed by atoms with Gasteiger partial charge in [-0.3, -0.25) is 4.79 Å². The van der Waals surface area contributed by atoms with Crippen LogP contribution in [0.1, 0.15) is 18.9 Å². The number of hydrogen-bond donors (Lipinski definition) is 3. The molecule has 0 aliphatic heterocycles. The van der Waals surface area contributed by atoms with Gasteiger partial charge in [0.1, 0.15) is 11.5 Å². The first-order chi connectivity index (χ1) is 9.46. The monoisotopic (exact) mass is 271 g/mol. The number of rotatable bonds is 5. The van der Waals surface area contributed by atoms with E-state index in [1.165, 1.54) is 6.92 Å². The second-order valence-electron chi connectivity index (χ2n) is 5.01. The van der Waals surface area contributed by atoms with Gasteiger partial charge in [0.25, 0.3) is 0 Å². The van der Waals surface area contributed by atoms with Crippen molar-refractivity contribution in [2.75, 3.05) is 0 Å². The van der Waals surface area contributed by atoms with Crippen LogP contribution in [0.2, 0.25) is 0 Å². The van der Waals surface area contributed by atoms with Crippen LogP contribution in [0.4, 0.5) is 0 Å². The molecule has 5 nitrogen and oxygen atoms in total. The number of primary amides is 1. The van der Waals surface area contributed by atoms with E-state index < -0.39 is 11.4 Å². The smallest absolute Gasteiger partial charge is 0.242 e. The van der Waals surface area contributed by atoms with Gasteiger partial charge in [-0.25, -0.2) is 4.79 Å². The molecule has 1 unspecified atom stereocenters. The first-order valence-corrected chi connectivity index (χ1v) is 6.35. The molecule has 0 spiro atoms. The maximum atomic E-state index is 11.3. The maximum absolute atomic E-state index is 11.3. The number of amides is 1. The highest BCUT2D eigenvalue weighted by molar-refractivity contribution is 5.90. The van der Waals surface area contributed by atoms with Gasteiger partial charge >= 0.3 is 0 Å². The molecule has 0 saturated heterocycles. The van der Waals surface area contributed by atoms with Gasteiger partial charge in [-0.05, 0) is 31.4 Å². The fraction of sp³-hybridized carbons (Fsp3) is 0.267. The fourth-order valence-corrected chi connectivity index (χ4v) is 2.16. The van der Waals surface area contributed by atoms with E-state index in [4.69, 9.17) is 11.5 Å². The average molecular weight is 271 g/mol. The Morgan fingerprint density at radius 1 is 1.40 bits per heavy atom. The molecule has 0 bridgehead atoms. The highest BCUT2D eigenvalue weighted by atomic mass is 16.1. The molecule has 2 aromatic rings. The minimum absolute atomic E-state index is 0.190. The number of carbonyl (C=O) groups excluding carboxylic acids is 2. The molecule has 20 heavy (non-hydrogen) atoms. The highest BCUT2D eigenvalue weighted by Gasteiger charge is 2.31. The standard InChI is InChI=1S/C15H17N3O2/c1-15(17,14(16)20)11(9-19)7-6-10-8-18-13-5-3-2-4-12(10)13/h2-5,8,18H,6-7,17H2,1H3,(H2,16,20). The molecule has 1 amide bonds. The Kier molecular flexibility index (Phi) is 3.74. The van der Waals surface area contributed by atoms with Gasteiger partial charge in [0.2, 0.25) is 5.91 Å². The summed E-state index contributed by atoms with van der Waals surface area (Å²) in [4.78, 5) is 25.5. The molecule has 0 fully saturated rings. The summed E-state index contributed by atoms with van der Waals surface area (Å²) in [5.74, 6) is 1.04. The van der Waals surface area contributed by atoms with Gasteiger partial charge in [-0.2, -0.15) is 0 Å². The van der Waals surface area contributed by atoms with Crippen LogP contribution in [-0.4, -0.2) is 22.4 Å². The lowest BCUT2D eigenvalue weighted by molar-refractivity contribution is -0.121. The zero-order valence-electron chi connectivity index (χ0n) is 11.3. The summed E-state index contributed by atoms with van der Waals surface area (Å²) >= 11 is 0. The summed E-state index contributed by atoms with van der Waals surface area (Å²) in [6.45, 7) is 1.44. The average Bonchev–Trinajstić information content (AvgIpc) is 2.82. The quantitative estimate of drug-likeness (QED) is 0.708. The SMILES string of the molecule is CC(N)(C(N)=O)C(=C=O)CCc1c[nH]c2ccccc12. The van der Waals surface area contributed by atoms with Crippen LogP contribution in [-0.2, 0) is 16.0 Å². The molecule has 0 aliphatic rings. The molecule has 2 rings (SSSR count). The number of aromatic nitrogens is 1. The third-order valence-electron chi connectivity index (χ3n) is 3.58. The first-order valence-electron chi connectivity index (χ1n) is 6.35. The minimum atomic E-state index is -1.45. The Labute approximate surface area is 116 Å². The molecule has 1 heterocycles. The van der Waals surface area contributed by atoms with E-state index >= 15 is 0 Å². The van der Waals surface area contributed by atoms with Crippen molar-refractivity contribution in [3.8, 4) is 0 Å². The summed E-state index contributed by atoms with van der Waals surface area (Å²) in [5, 5.41) is 1.09. The third kappa shape index (κ3) is 2.50. The molecule has 0 radical (unpaired) electrons. The first kappa shape index (κ1) is 14.1. The topological polar surface area (TPSA) is 102 Å². The third-order valence-corrected chi connectivity index (χ3v) is 3.58. The molecule has 0 aliphatic carbocycles. The summed E-state index contributed by atoms with van der Waals surface area (Å²) in [6, 6.07) is 7.88. The number of benzene rings is 1. The second kappa shape index (κ2) is 5.33. The summed E-state index contributed by atoms with van der Waals surface area (Å²) in [5.41, 5.74) is 11.8. The Balaban J connectivity index is 2.20. The zero-order valence-corrected chi connectivity index (χ0v) is 11.3. The lowest BCUT2D eigenvalue weighted by Crippen LogP contribution is -2.51. The van der Waals surface area contributed by atoms with Crippen LogP contribution in [0, 0.1) is 0 Å². The number of nitrogens with one attached hydrogen (secondary N) is 1. The van der Waals surface area contributed by atoms with Gasteiger partial charge in [0.05, 0.1) is 0 Å². The van der Waals surface area contributed by atoms with Crippen molar-refractivity contribution < 1.29 is 9.59 Å². The molecule has 0 saturated carbocycles. The number of fused-ring (bicyclic) bond motifs is 1. The number of carbonyl (C=O) groups is 1. The van der Waals surface area contributed by atoms with Crippen molar-refractivity contribution >= 4 is 22.8 Å². The number of H-pyrrole nitrogens is 1. The van der Waals surface area contributed by atoms with Crippen LogP contribution < -0.4 is 11.5 Å². The Hall–Kier alpha value is -2.36. The molecule has 1 aromatic carbocycles. The number of aryl methyl sites for hydroxylation is 1. The number of hydrogen-bond acceptors (Lipinski definition) is 3. The highest BCUT2D eigenvalue weighted by Crippen LogP contribution is 2.22. The number of para-hydroxylation sites is 1. The van der Waals surface area contributed by atoms with E-state index in [2.05, 4.69) is 4.98 Å². The van der Waals surface area contributed by atoms with Crippen LogP contribution in [0.25, 0.3) is 10.9 Å². The maximum Gasteiger partial charge on any atom is 0.242 e. The van der Waals surface area contributed by atoms with Crippen molar-refractivity contribution in [3.63, 3.8) is 0 Å². The van der Waals surface area contributed by atoms with E-state index in [1.54, 1.807) is 5.94 Å². The Bertz CT molecular complexity index is 694. The van der Waals surface area contributed by atoms with Gasteiger partial charge in [0, 0.05) is 22.7 Å². The van der Waals surface area contributed by atoms with Crippen molar-refractivity contribution in [2.24, 2.45) is 11.5 Å². The Morgan fingerprint density at radius 2 is 2.10 bits per heavy atom. The van der Waals surface area contributed by atoms with E-state index in [1.807, 2.05) is 30.5 Å². The largest absolute Gasteiger partial charge is 0.368 e. The Morgan fingerprint density at radius 3 is 2.75 bits per heavy atom. The van der Waals surface area contributed by atoms with Crippen LogP contribution in [0.3, 0.4) is 0 Å². The summed E-state index contributed by atoms with van der Waals surface area (Å²) in [7, 11) is 0. The van der Waals surface area contributed by atoms with E-state index in [-0.39, 0.29) is 5.57 Å². The summed E-state index contributed by atoms with van der Waals surface area (Å²) in [6.07, 6.45) is 2.83. The molecule has 1 aromatic heterocycles. The van der Waals surface area contributed by atoms with Crippen molar-refractivity contribution in [2.45, 2.75) is 25.3 Å². The molecule has 5 N–H and O–H groups in total. The number of nitrogens with two attached hydrogens (primary N) is 2. The zero-order chi connectivity index (χ0) is 14.8. The van der Waals surface area contributed by atoms with Crippen molar-refractivity contribution in [3.05, 3.63) is 41.6 Å². The lowest BCUT2D eigenvalue weighted by atomic mass is 9.89.